The molecule has 10 nitrogen and oxygen atoms in total. The van der Waals surface area contributed by atoms with Crippen LogP contribution in [0, 0.1) is 0 Å². The van der Waals surface area contributed by atoms with Gasteiger partial charge in [-0.2, -0.15) is 0 Å². The van der Waals surface area contributed by atoms with Gasteiger partial charge in [-0.3, -0.25) is 19.3 Å². The standard InChI is InChI=1S/C21H24N4O6S/c1-12(22-19-13-8-6-7-9-18(13)32(28,29)24-19)20(26)23-15-11-17(31-5)16(30-4)10-14(15)21(27)25(2)3/h6-12H,1-5H3,(H,22,24)(H,23,26)/t12-/m0/s1. The smallest absolute Gasteiger partial charge is 0.263 e. The Hall–Kier alpha value is -3.60. The van der Waals surface area contributed by atoms with Crippen molar-refractivity contribution in [2.45, 2.75) is 17.9 Å². The molecule has 0 unspecified atom stereocenters. The molecule has 0 aromatic heterocycles. The highest BCUT2D eigenvalue weighted by Gasteiger charge is 2.31. The molecule has 0 saturated carbocycles. The van der Waals surface area contributed by atoms with E-state index in [0.29, 0.717) is 17.1 Å². The van der Waals surface area contributed by atoms with Crippen LogP contribution < -0.4 is 19.5 Å². The quantitative estimate of drug-likeness (QED) is 0.672. The fourth-order valence-corrected chi connectivity index (χ4v) is 4.36. The predicted octanol–water partition coefficient (Wildman–Crippen LogP) is 1.47. The van der Waals surface area contributed by atoms with Gasteiger partial charge in [-0.1, -0.05) is 12.1 Å². The molecule has 0 fully saturated rings. The zero-order valence-corrected chi connectivity index (χ0v) is 19.1. The third-order valence-electron chi connectivity index (χ3n) is 4.78. The van der Waals surface area contributed by atoms with E-state index in [1.165, 1.54) is 44.2 Å². The van der Waals surface area contributed by atoms with Crippen LogP contribution in [-0.4, -0.2) is 65.3 Å². The van der Waals surface area contributed by atoms with E-state index in [-0.39, 0.29) is 27.9 Å². The number of carbonyl (C=O) groups is 2. The number of aliphatic imine (C=N–C) groups is 1. The van der Waals surface area contributed by atoms with Crippen molar-refractivity contribution in [3.05, 3.63) is 47.5 Å². The fraction of sp³-hybridized carbons (Fsp3) is 0.286. The lowest BCUT2D eigenvalue weighted by Gasteiger charge is -2.18. The number of hydrogen-bond donors (Lipinski definition) is 2. The fourth-order valence-electron chi connectivity index (χ4n) is 3.12. The molecule has 0 saturated heterocycles. The van der Waals surface area contributed by atoms with Crippen molar-refractivity contribution < 1.29 is 27.5 Å². The monoisotopic (exact) mass is 460 g/mol. The summed E-state index contributed by atoms with van der Waals surface area (Å²) in [4.78, 5) is 31.3. The number of nitrogens with zero attached hydrogens (tertiary/aromatic N) is 2. The number of amides is 2. The first-order valence-corrected chi connectivity index (χ1v) is 11.1. The number of benzene rings is 2. The van der Waals surface area contributed by atoms with Crippen LogP contribution in [0.4, 0.5) is 5.69 Å². The van der Waals surface area contributed by atoms with Gasteiger partial charge in [0, 0.05) is 25.7 Å². The van der Waals surface area contributed by atoms with Crippen LogP contribution in [0.15, 0.2) is 46.3 Å². The van der Waals surface area contributed by atoms with Crippen LogP contribution >= 0.6 is 0 Å². The van der Waals surface area contributed by atoms with Crippen molar-refractivity contribution in [2.75, 3.05) is 33.6 Å². The molecule has 1 aliphatic heterocycles. The molecule has 1 heterocycles. The molecule has 1 aliphatic rings. The van der Waals surface area contributed by atoms with E-state index >= 15 is 0 Å². The van der Waals surface area contributed by atoms with Crippen molar-refractivity contribution in [3.63, 3.8) is 0 Å². The molecule has 0 bridgehead atoms. The minimum atomic E-state index is -3.72. The summed E-state index contributed by atoms with van der Waals surface area (Å²) in [5, 5.41) is 2.68. The first kappa shape index (κ1) is 23.1. The molecule has 0 aliphatic carbocycles. The number of hydrogen-bond acceptors (Lipinski definition) is 7. The van der Waals surface area contributed by atoms with Crippen molar-refractivity contribution in [3.8, 4) is 11.5 Å². The van der Waals surface area contributed by atoms with E-state index in [9.17, 15) is 18.0 Å². The van der Waals surface area contributed by atoms with Crippen LogP contribution in [0.1, 0.15) is 22.8 Å². The molecular formula is C21H24N4O6S. The van der Waals surface area contributed by atoms with Crippen molar-refractivity contribution >= 4 is 33.4 Å². The number of anilines is 1. The minimum Gasteiger partial charge on any atom is -0.493 e. The largest absolute Gasteiger partial charge is 0.493 e. The maximum absolute atomic E-state index is 12.9. The Kier molecular flexibility index (Phi) is 6.40. The number of ether oxygens (including phenoxy) is 2. The van der Waals surface area contributed by atoms with Crippen molar-refractivity contribution in [2.24, 2.45) is 4.99 Å². The first-order valence-electron chi connectivity index (χ1n) is 9.57. The Labute approximate surface area is 186 Å². The first-order chi connectivity index (χ1) is 15.1. The number of amidine groups is 1. The van der Waals surface area contributed by atoms with Crippen LogP contribution in [-0.2, 0) is 14.8 Å². The molecule has 170 valence electrons. The van der Waals surface area contributed by atoms with Crippen LogP contribution in [0.5, 0.6) is 11.5 Å². The van der Waals surface area contributed by atoms with Gasteiger partial charge in [0.2, 0.25) is 5.91 Å². The van der Waals surface area contributed by atoms with E-state index in [1.54, 1.807) is 32.3 Å². The Bertz CT molecular complexity index is 1210. The topological polar surface area (TPSA) is 126 Å². The summed E-state index contributed by atoms with van der Waals surface area (Å²) < 4.78 is 37.4. The Morgan fingerprint density at radius 1 is 1.09 bits per heavy atom. The van der Waals surface area contributed by atoms with Gasteiger partial charge >= 0.3 is 0 Å². The Morgan fingerprint density at radius 2 is 1.72 bits per heavy atom. The SMILES string of the molecule is COc1cc(NC(=O)[C@H](C)N=C2NS(=O)(=O)c3ccccc32)c(C(=O)N(C)C)cc1OC. The summed E-state index contributed by atoms with van der Waals surface area (Å²) in [6, 6.07) is 8.37. The second-order valence-corrected chi connectivity index (χ2v) is 8.85. The van der Waals surface area contributed by atoms with Gasteiger partial charge in [0.25, 0.3) is 15.9 Å². The van der Waals surface area contributed by atoms with Crippen molar-refractivity contribution in [1.82, 2.24) is 9.62 Å². The van der Waals surface area contributed by atoms with Gasteiger partial charge in [-0.25, -0.2) is 8.42 Å². The summed E-state index contributed by atoms with van der Waals surface area (Å²) in [5.74, 6) is -0.144. The maximum atomic E-state index is 12.9. The number of fused-ring (bicyclic) bond motifs is 1. The van der Waals surface area contributed by atoms with E-state index in [2.05, 4.69) is 15.0 Å². The van der Waals surface area contributed by atoms with E-state index in [0.717, 1.165) is 0 Å². The Balaban J connectivity index is 1.93. The summed E-state index contributed by atoms with van der Waals surface area (Å²) in [6.07, 6.45) is 0. The number of sulfonamides is 1. The second kappa shape index (κ2) is 8.87. The number of carbonyl (C=O) groups excluding carboxylic acids is 2. The molecule has 32 heavy (non-hydrogen) atoms. The molecule has 2 N–H and O–H groups in total. The number of rotatable bonds is 6. The number of methoxy groups -OCH3 is 2. The highest BCUT2D eigenvalue weighted by molar-refractivity contribution is 7.90. The van der Waals surface area contributed by atoms with Gasteiger partial charge in [0.1, 0.15) is 11.9 Å². The maximum Gasteiger partial charge on any atom is 0.263 e. The molecule has 3 rings (SSSR count). The highest BCUT2D eigenvalue weighted by Crippen LogP contribution is 2.34. The predicted molar refractivity (Wildman–Crippen MR) is 119 cm³/mol. The summed E-state index contributed by atoms with van der Waals surface area (Å²) in [7, 11) is 2.33. The zero-order valence-electron chi connectivity index (χ0n) is 18.3. The molecular weight excluding hydrogens is 436 g/mol. The molecule has 2 aromatic rings. The van der Waals surface area contributed by atoms with E-state index in [4.69, 9.17) is 9.47 Å². The zero-order chi connectivity index (χ0) is 23.6. The molecule has 2 amide bonds. The normalized spacial score (nSPS) is 16.0. The van der Waals surface area contributed by atoms with Crippen molar-refractivity contribution in [1.29, 1.82) is 0 Å². The van der Waals surface area contributed by atoms with Crippen LogP contribution in [0.3, 0.4) is 0 Å². The average molecular weight is 461 g/mol. The van der Waals surface area contributed by atoms with Crippen LogP contribution in [0.2, 0.25) is 0 Å². The van der Waals surface area contributed by atoms with E-state index < -0.39 is 22.0 Å². The lowest BCUT2D eigenvalue weighted by atomic mass is 10.1. The third-order valence-corrected chi connectivity index (χ3v) is 6.18. The van der Waals surface area contributed by atoms with Gasteiger partial charge in [-0.15, -0.1) is 0 Å². The lowest BCUT2D eigenvalue weighted by Crippen LogP contribution is -2.30. The second-order valence-electron chi connectivity index (χ2n) is 7.20. The summed E-state index contributed by atoms with van der Waals surface area (Å²) in [5.41, 5.74) is 0.806. The summed E-state index contributed by atoms with van der Waals surface area (Å²) >= 11 is 0. The number of nitrogens with one attached hydrogen (secondary N) is 2. The van der Waals surface area contributed by atoms with Gasteiger partial charge in [0.15, 0.2) is 11.5 Å². The summed E-state index contributed by atoms with van der Waals surface area (Å²) in [6.45, 7) is 1.52. The molecule has 0 radical (unpaired) electrons. The minimum absolute atomic E-state index is 0.0835. The Morgan fingerprint density at radius 3 is 2.34 bits per heavy atom. The highest BCUT2D eigenvalue weighted by atomic mass is 32.2. The molecule has 11 heteroatoms. The average Bonchev–Trinajstić information content (AvgIpc) is 3.02. The molecule has 0 spiro atoms. The van der Waals surface area contributed by atoms with Crippen LogP contribution in [0.25, 0.3) is 0 Å². The molecule has 2 aromatic carbocycles. The van der Waals surface area contributed by atoms with Gasteiger partial charge in [-0.05, 0) is 25.1 Å². The molecule has 1 atom stereocenters. The lowest BCUT2D eigenvalue weighted by molar-refractivity contribution is -0.117. The third kappa shape index (κ3) is 4.37. The van der Waals surface area contributed by atoms with Gasteiger partial charge < -0.3 is 19.7 Å². The van der Waals surface area contributed by atoms with Gasteiger partial charge in [0.05, 0.1) is 30.4 Å². The van der Waals surface area contributed by atoms with E-state index in [1.807, 2.05) is 0 Å².